The second-order valence-electron chi connectivity index (χ2n) is 3.05. The summed E-state index contributed by atoms with van der Waals surface area (Å²) in [6.07, 6.45) is 3.03. The predicted molar refractivity (Wildman–Crippen MR) is 30.5 cm³/mol. The van der Waals surface area contributed by atoms with Gasteiger partial charge in [-0.1, -0.05) is 0 Å². The predicted octanol–water partition coefficient (Wildman–Crippen LogP) is 0.124. The third kappa shape index (κ3) is 0.400. The second kappa shape index (κ2) is 1.25. The van der Waals surface area contributed by atoms with Crippen molar-refractivity contribution in [2.24, 2.45) is 11.1 Å². The molecule has 0 aromatic heterocycles. The topological polar surface area (TPSA) is 35.2 Å². The van der Waals surface area contributed by atoms with Crippen LogP contribution in [0.2, 0.25) is 0 Å². The highest BCUT2D eigenvalue weighted by Crippen LogP contribution is 2.48. The number of hydrogen-bond donors (Lipinski definition) is 1. The van der Waals surface area contributed by atoms with Crippen LogP contribution in [-0.4, -0.2) is 19.3 Å². The first-order chi connectivity index (χ1) is 3.85. The molecule has 0 amide bonds. The van der Waals surface area contributed by atoms with Crippen LogP contribution in [0.5, 0.6) is 0 Å². The Kier molecular flexibility index (Phi) is 0.746. The monoisotopic (exact) mass is 113 g/mol. The normalized spacial score (nSPS) is 51.4. The van der Waals surface area contributed by atoms with Gasteiger partial charge in [-0.3, -0.25) is 0 Å². The Labute approximate surface area is 49.0 Å². The molecule has 3 rings (SSSR count). The number of fused-ring (bicyclic) bond motifs is 1. The van der Waals surface area contributed by atoms with Crippen molar-refractivity contribution in [2.75, 3.05) is 13.2 Å². The molecule has 2 bridgehead atoms. The van der Waals surface area contributed by atoms with E-state index in [1.165, 1.54) is 12.8 Å². The molecule has 0 atom stereocenters. The van der Waals surface area contributed by atoms with Gasteiger partial charge in [0, 0.05) is 12.0 Å². The summed E-state index contributed by atoms with van der Waals surface area (Å²) in [5, 5.41) is 0. The summed E-state index contributed by atoms with van der Waals surface area (Å²) in [5.74, 6) is 0. The number of rotatable bonds is 1. The van der Waals surface area contributed by atoms with Gasteiger partial charge in [-0.15, -0.1) is 0 Å². The lowest BCUT2D eigenvalue weighted by atomic mass is 9.70. The molecule has 0 aromatic carbocycles. The zero-order valence-corrected chi connectivity index (χ0v) is 4.89. The van der Waals surface area contributed by atoms with Gasteiger partial charge in [0.1, 0.15) is 0 Å². The summed E-state index contributed by atoms with van der Waals surface area (Å²) in [6, 6.07) is 0. The van der Waals surface area contributed by atoms with Crippen molar-refractivity contribution in [1.82, 2.24) is 0 Å². The van der Waals surface area contributed by atoms with Crippen LogP contribution in [0.25, 0.3) is 0 Å². The average Bonchev–Trinajstić information content (AvgIpc) is 2.17. The fourth-order valence-corrected chi connectivity index (χ4v) is 1.66. The van der Waals surface area contributed by atoms with E-state index < -0.39 is 0 Å². The highest BCUT2D eigenvalue weighted by Gasteiger charge is 2.50. The Hall–Kier alpha value is -0.0800. The molecule has 3 aliphatic rings. The summed E-state index contributed by atoms with van der Waals surface area (Å²) in [5.41, 5.74) is 5.96. The van der Waals surface area contributed by atoms with Crippen LogP contribution in [0.15, 0.2) is 0 Å². The second-order valence-corrected chi connectivity index (χ2v) is 3.05. The molecule has 3 fully saturated rings. The SMILES string of the molecule is NCC12COC(C1)C2. The van der Waals surface area contributed by atoms with E-state index in [4.69, 9.17) is 10.5 Å². The molecule has 0 aromatic rings. The third-order valence-electron chi connectivity index (χ3n) is 2.38. The largest absolute Gasteiger partial charge is 0.378 e. The van der Waals surface area contributed by atoms with Gasteiger partial charge in [0.25, 0.3) is 0 Å². The first-order valence-corrected chi connectivity index (χ1v) is 3.16. The van der Waals surface area contributed by atoms with E-state index in [1.807, 2.05) is 0 Å². The molecule has 1 saturated carbocycles. The number of ether oxygens (including phenoxy) is 1. The first kappa shape index (κ1) is 4.77. The molecular formula is C6H11NO. The molecule has 46 valence electrons. The van der Waals surface area contributed by atoms with Crippen molar-refractivity contribution < 1.29 is 4.74 Å². The molecule has 2 saturated heterocycles. The number of nitrogens with two attached hydrogens (primary N) is 1. The molecule has 2 heteroatoms. The van der Waals surface area contributed by atoms with E-state index in [9.17, 15) is 0 Å². The van der Waals surface area contributed by atoms with E-state index in [0.29, 0.717) is 11.5 Å². The summed E-state index contributed by atoms with van der Waals surface area (Å²) >= 11 is 0. The molecule has 2 N–H and O–H groups in total. The molecule has 0 spiro atoms. The van der Waals surface area contributed by atoms with E-state index in [0.717, 1.165) is 13.2 Å². The van der Waals surface area contributed by atoms with Crippen molar-refractivity contribution >= 4 is 0 Å². The van der Waals surface area contributed by atoms with Crippen LogP contribution >= 0.6 is 0 Å². The van der Waals surface area contributed by atoms with E-state index in [1.54, 1.807) is 0 Å². The average molecular weight is 113 g/mol. The minimum Gasteiger partial charge on any atom is -0.378 e. The lowest BCUT2D eigenvalue weighted by Gasteiger charge is -2.33. The Morgan fingerprint density at radius 1 is 1.62 bits per heavy atom. The maximum atomic E-state index is 5.53. The molecule has 1 aliphatic carbocycles. The molecular weight excluding hydrogens is 102 g/mol. The van der Waals surface area contributed by atoms with Crippen LogP contribution in [-0.2, 0) is 4.74 Å². The van der Waals surface area contributed by atoms with Crippen molar-refractivity contribution in [3.05, 3.63) is 0 Å². The maximum Gasteiger partial charge on any atom is 0.0588 e. The molecule has 8 heavy (non-hydrogen) atoms. The van der Waals surface area contributed by atoms with Crippen LogP contribution in [0.3, 0.4) is 0 Å². The minimum absolute atomic E-state index is 0.435. The van der Waals surface area contributed by atoms with Crippen LogP contribution in [0.1, 0.15) is 12.8 Å². The Bertz CT molecular complexity index is 102. The van der Waals surface area contributed by atoms with Crippen LogP contribution in [0.4, 0.5) is 0 Å². The van der Waals surface area contributed by atoms with Gasteiger partial charge in [-0.05, 0) is 12.8 Å². The van der Waals surface area contributed by atoms with Gasteiger partial charge in [0.15, 0.2) is 0 Å². The fourth-order valence-electron chi connectivity index (χ4n) is 1.66. The highest BCUT2D eigenvalue weighted by molar-refractivity contribution is 5.00. The van der Waals surface area contributed by atoms with Gasteiger partial charge in [0.05, 0.1) is 12.7 Å². The van der Waals surface area contributed by atoms with E-state index >= 15 is 0 Å². The van der Waals surface area contributed by atoms with Crippen molar-refractivity contribution in [3.8, 4) is 0 Å². The lowest BCUT2D eigenvalue weighted by molar-refractivity contribution is 0.113. The van der Waals surface area contributed by atoms with Crippen LogP contribution in [0, 0.1) is 5.41 Å². The minimum atomic E-state index is 0.435. The van der Waals surface area contributed by atoms with Gasteiger partial charge in [0.2, 0.25) is 0 Å². The van der Waals surface area contributed by atoms with Gasteiger partial charge < -0.3 is 10.5 Å². The fraction of sp³-hybridized carbons (Fsp3) is 1.00. The first-order valence-electron chi connectivity index (χ1n) is 3.16. The Balaban J connectivity index is 2.09. The van der Waals surface area contributed by atoms with Gasteiger partial charge >= 0.3 is 0 Å². The van der Waals surface area contributed by atoms with Gasteiger partial charge in [-0.2, -0.15) is 0 Å². The maximum absolute atomic E-state index is 5.53. The van der Waals surface area contributed by atoms with Gasteiger partial charge in [-0.25, -0.2) is 0 Å². The highest BCUT2D eigenvalue weighted by atomic mass is 16.5. The van der Waals surface area contributed by atoms with Crippen LogP contribution < -0.4 is 5.73 Å². The molecule has 2 nitrogen and oxygen atoms in total. The number of hydrogen-bond acceptors (Lipinski definition) is 2. The Morgan fingerprint density at radius 2 is 2.38 bits per heavy atom. The van der Waals surface area contributed by atoms with Crippen molar-refractivity contribution in [2.45, 2.75) is 18.9 Å². The quantitative estimate of drug-likeness (QED) is 0.524. The zero-order valence-electron chi connectivity index (χ0n) is 4.89. The molecule has 0 radical (unpaired) electrons. The summed E-state index contributed by atoms with van der Waals surface area (Å²) in [4.78, 5) is 0. The lowest BCUT2D eigenvalue weighted by Crippen LogP contribution is -2.39. The zero-order chi connectivity index (χ0) is 5.61. The smallest absolute Gasteiger partial charge is 0.0588 e. The third-order valence-corrected chi connectivity index (χ3v) is 2.38. The van der Waals surface area contributed by atoms with Crippen molar-refractivity contribution in [1.29, 1.82) is 0 Å². The molecule has 0 unspecified atom stereocenters. The molecule has 2 aliphatic heterocycles. The summed E-state index contributed by atoms with van der Waals surface area (Å²) in [6.45, 7) is 1.75. The summed E-state index contributed by atoms with van der Waals surface area (Å²) < 4.78 is 5.34. The standard InChI is InChI=1S/C6H11NO/c7-3-6-1-5(2-6)8-4-6/h5H,1-4,7H2. The van der Waals surface area contributed by atoms with E-state index in [-0.39, 0.29) is 0 Å². The van der Waals surface area contributed by atoms with E-state index in [2.05, 4.69) is 0 Å². The van der Waals surface area contributed by atoms with Crippen molar-refractivity contribution in [3.63, 3.8) is 0 Å². The Morgan fingerprint density at radius 3 is 2.62 bits per heavy atom. The molecule has 2 heterocycles. The summed E-state index contributed by atoms with van der Waals surface area (Å²) in [7, 11) is 0.